The Morgan fingerprint density at radius 2 is 1.85 bits per heavy atom. The average Bonchev–Trinajstić information content (AvgIpc) is 3.13. The highest BCUT2D eigenvalue weighted by molar-refractivity contribution is 6.32. The van der Waals surface area contributed by atoms with Crippen LogP contribution in [0, 0.1) is 0 Å². The van der Waals surface area contributed by atoms with Gasteiger partial charge in [-0.05, 0) is 11.6 Å². The summed E-state index contributed by atoms with van der Waals surface area (Å²) in [6, 6.07) is 10.7. The zero-order chi connectivity index (χ0) is 19.4. The summed E-state index contributed by atoms with van der Waals surface area (Å²) >= 11 is 12.3. The fourth-order valence-electron chi connectivity index (χ4n) is 2.52. The SMILES string of the molecule is COc1cc(NC(=O)c2cnn(Cc3ccccc3Cl)c2)c(OC)cc1Cl. The Balaban J connectivity index is 1.78. The number of amides is 1. The number of methoxy groups -OCH3 is 2. The van der Waals surface area contributed by atoms with Crippen LogP contribution in [0.3, 0.4) is 0 Å². The molecule has 3 aromatic rings. The summed E-state index contributed by atoms with van der Waals surface area (Å²) in [5, 5.41) is 8.05. The maximum absolute atomic E-state index is 12.6. The highest BCUT2D eigenvalue weighted by Gasteiger charge is 2.15. The van der Waals surface area contributed by atoms with Crippen LogP contribution < -0.4 is 14.8 Å². The summed E-state index contributed by atoms with van der Waals surface area (Å²) in [6.45, 7) is 0.463. The van der Waals surface area contributed by atoms with Crippen LogP contribution in [0.5, 0.6) is 11.5 Å². The first kappa shape index (κ1) is 19.1. The Kier molecular flexibility index (Phi) is 5.88. The standard InChI is InChI=1S/C19H17Cl2N3O3/c1-26-17-8-16(18(27-2)7-15(17)21)23-19(25)13-9-22-24(11-13)10-12-5-3-4-6-14(12)20/h3-9,11H,10H2,1-2H3,(H,23,25). The third-order valence-corrected chi connectivity index (χ3v) is 4.57. The molecule has 0 aliphatic carbocycles. The van der Waals surface area contributed by atoms with Crippen LogP contribution in [-0.2, 0) is 6.54 Å². The van der Waals surface area contributed by atoms with E-state index in [4.69, 9.17) is 32.7 Å². The highest BCUT2D eigenvalue weighted by atomic mass is 35.5. The second-order valence-electron chi connectivity index (χ2n) is 5.66. The summed E-state index contributed by atoms with van der Waals surface area (Å²) in [5.41, 5.74) is 1.76. The number of rotatable bonds is 6. The van der Waals surface area contributed by atoms with E-state index in [1.54, 1.807) is 23.0 Å². The van der Waals surface area contributed by atoms with Crippen LogP contribution in [0.2, 0.25) is 10.0 Å². The second-order valence-corrected chi connectivity index (χ2v) is 6.47. The third-order valence-electron chi connectivity index (χ3n) is 3.91. The quantitative estimate of drug-likeness (QED) is 0.655. The zero-order valence-corrected chi connectivity index (χ0v) is 16.2. The molecule has 6 nitrogen and oxygen atoms in total. The average molecular weight is 406 g/mol. The molecular formula is C19H17Cl2N3O3. The fourth-order valence-corrected chi connectivity index (χ4v) is 2.95. The van der Waals surface area contributed by atoms with E-state index < -0.39 is 0 Å². The molecule has 0 aliphatic heterocycles. The maximum Gasteiger partial charge on any atom is 0.258 e. The molecule has 1 aromatic heterocycles. The lowest BCUT2D eigenvalue weighted by atomic mass is 10.2. The maximum atomic E-state index is 12.6. The van der Waals surface area contributed by atoms with Gasteiger partial charge in [0.05, 0.1) is 43.2 Å². The molecular weight excluding hydrogens is 389 g/mol. The topological polar surface area (TPSA) is 65.4 Å². The summed E-state index contributed by atoms with van der Waals surface area (Å²) in [4.78, 5) is 12.6. The number of halogens is 2. The Labute approximate surface area is 166 Å². The molecule has 0 saturated carbocycles. The first-order chi connectivity index (χ1) is 13.0. The van der Waals surface area contributed by atoms with E-state index in [0.717, 1.165) is 5.56 Å². The highest BCUT2D eigenvalue weighted by Crippen LogP contribution is 2.36. The van der Waals surface area contributed by atoms with Crippen molar-refractivity contribution in [1.29, 1.82) is 0 Å². The predicted octanol–water partition coefficient (Wildman–Crippen LogP) is 4.51. The molecule has 0 fully saturated rings. The Morgan fingerprint density at radius 3 is 2.56 bits per heavy atom. The van der Waals surface area contributed by atoms with Gasteiger partial charge in [-0.25, -0.2) is 0 Å². The van der Waals surface area contributed by atoms with Crippen LogP contribution in [0.25, 0.3) is 0 Å². The minimum Gasteiger partial charge on any atom is -0.495 e. The number of benzene rings is 2. The number of aromatic nitrogens is 2. The molecule has 3 rings (SSSR count). The van der Waals surface area contributed by atoms with E-state index >= 15 is 0 Å². The summed E-state index contributed by atoms with van der Waals surface area (Å²) in [6.07, 6.45) is 3.14. The van der Waals surface area contributed by atoms with Gasteiger partial charge in [0.1, 0.15) is 11.5 Å². The van der Waals surface area contributed by atoms with Gasteiger partial charge in [-0.2, -0.15) is 5.10 Å². The lowest BCUT2D eigenvalue weighted by molar-refractivity contribution is 0.102. The number of carbonyl (C=O) groups is 1. The van der Waals surface area contributed by atoms with Gasteiger partial charge in [0.15, 0.2) is 0 Å². The third kappa shape index (κ3) is 4.35. The molecule has 1 amide bonds. The number of anilines is 1. The van der Waals surface area contributed by atoms with E-state index in [-0.39, 0.29) is 5.91 Å². The lowest BCUT2D eigenvalue weighted by Crippen LogP contribution is -2.12. The van der Waals surface area contributed by atoms with Gasteiger partial charge in [0.25, 0.3) is 5.91 Å². The van der Waals surface area contributed by atoms with Crippen LogP contribution in [0.4, 0.5) is 5.69 Å². The van der Waals surface area contributed by atoms with Gasteiger partial charge >= 0.3 is 0 Å². The number of carbonyl (C=O) groups excluding carboxylic acids is 1. The van der Waals surface area contributed by atoms with Crippen molar-refractivity contribution in [3.8, 4) is 11.5 Å². The van der Waals surface area contributed by atoms with E-state index in [0.29, 0.717) is 39.3 Å². The molecule has 27 heavy (non-hydrogen) atoms. The van der Waals surface area contributed by atoms with Crippen LogP contribution in [0.15, 0.2) is 48.8 Å². The summed E-state index contributed by atoms with van der Waals surface area (Å²) in [5.74, 6) is 0.530. The minimum absolute atomic E-state index is 0.330. The minimum atomic E-state index is -0.330. The molecule has 1 heterocycles. The van der Waals surface area contributed by atoms with Crippen molar-refractivity contribution < 1.29 is 14.3 Å². The van der Waals surface area contributed by atoms with E-state index in [1.165, 1.54) is 20.4 Å². The molecule has 0 radical (unpaired) electrons. The van der Waals surface area contributed by atoms with Gasteiger partial charge in [-0.3, -0.25) is 9.48 Å². The Hall–Kier alpha value is -2.70. The van der Waals surface area contributed by atoms with E-state index in [9.17, 15) is 4.79 Å². The van der Waals surface area contributed by atoms with Crippen LogP contribution in [-0.4, -0.2) is 29.9 Å². The van der Waals surface area contributed by atoms with E-state index in [2.05, 4.69) is 10.4 Å². The van der Waals surface area contributed by atoms with Crippen LogP contribution in [0.1, 0.15) is 15.9 Å². The molecule has 0 bridgehead atoms. The molecule has 0 aliphatic rings. The number of hydrogen-bond acceptors (Lipinski definition) is 4. The number of nitrogens with one attached hydrogen (secondary N) is 1. The number of nitrogens with zero attached hydrogens (tertiary/aromatic N) is 2. The first-order valence-corrected chi connectivity index (χ1v) is 8.76. The van der Waals surface area contributed by atoms with Crippen molar-refractivity contribution in [3.63, 3.8) is 0 Å². The summed E-state index contributed by atoms with van der Waals surface area (Å²) in [7, 11) is 2.99. The predicted molar refractivity (Wildman–Crippen MR) is 105 cm³/mol. The Morgan fingerprint density at radius 1 is 1.11 bits per heavy atom. The first-order valence-electron chi connectivity index (χ1n) is 8.00. The normalized spacial score (nSPS) is 10.5. The van der Waals surface area contributed by atoms with Gasteiger partial charge in [-0.15, -0.1) is 0 Å². The molecule has 1 N–H and O–H groups in total. The molecule has 0 saturated heterocycles. The monoisotopic (exact) mass is 405 g/mol. The van der Waals surface area contributed by atoms with Gasteiger partial charge in [-0.1, -0.05) is 41.4 Å². The van der Waals surface area contributed by atoms with Crippen molar-refractivity contribution in [2.75, 3.05) is 19.5 Å². The van der Waals surface area contributed by atoms with E-state index in [1.807, 2.05) is 24.3 Å². The fraction of sp³-hybridized carbons (Fsp3) is 0.158. The van der Waals surface area contributed by atoms with Crippen molar-refractivity contribution in [2.24, 2.45) is 0 Å². The van der Waals surface area contributed by atoms with Crippen molar-refractivity contribution >= 4 is 34.8 Å². The van der Waals surface area contributed by atoms with Gasteiger partial charge < -0.3 is 14.8 Å². The summed E-state index contributed by atoms with van der Waals surface area (Å²) < 4.78 is 12.1. The molecule has 8 heteroatoms. The second kappa shape index (κ2) is 8.33. The Bertz CT molecular complexity index is 973. The largest absolute Gasteiger partial charge is 0.495 e. The molecule has 2 aromatic carbocycles. The van der Waals surface area contributed by atoms with Crippen molar-refractivity contribution in [1.82, 2.24) is 9.78 Å². The van der Waals surface area contributed by atoms with Crippen molar-refractivity contribution in [2.45, 2.75) is 6.54 Å². The van der Waals surface area contributed by atoms with Crippen molar-refractivity contribution in [3.05, 3.63) is 70.0 Å². The smallest absolute Gasteiger partial charge is 0.258 e. The van der Waals surface area contributed by atoms with Gasteiger partial charge in [0.2, 0.25) is 0 Å². The lowest BCUT2D eigenvalue weighted by Gasteiger charge is -2.12. The van der Waals surface area contributed by atoms with Gasteiger partial charge in [0, 0.05) is 23.4 Å². The molecule has 0 spiro atoms. The number of ether oxygens (including phenoxy) is 2. The number of hydrogen-bond donors (Lipinski definition) is 1. The molecule has 140 valence electrons. The molecule has 0 unspecified atom stereocenters. The zero-order valence-electron chi connectivity index (χ0n) is 14.7. The van der Waals surface area contributed by atoms with Crippen LogP contribution >= 0.6 is 23.2 Å². The molecule has 0 atom stereocenters.